The van der Waals surface area contributed by atoms with Gasteiger partial charge in [0, 0.05) is 6.42 Å². The number of anilines is 2. The van der Waals surface area contributed by atoms with E-state index in [0.717, 1.165) is 0 Å². The van der Waals surface area contributed by atoms with Crippen molar-refractivity contribution in [3.63, 3.8) is 0 Å². The van der Waals surface area contributed by atoms with Gasteiger partial charge in [-0.2, -0.15) is 0 Å². The monoisotopic (exact) mass is 448 g/mol. The molecule has 7 nitrogen and oxygen atoms in total. The molecule has 3 rings (SSSR count). The molecule has 2 aromatic carbocycles. The van der Waals surface area contributed by atoms with Crippen molar-refractivity contribution in [3.8, 4) is 0 Å². The quantitative estimate of drug-likeness (QED) is 0.773. The lowest BCUT2D eigenvalue weighted by Crippen LogP contribution is -2.29. The Hall–Kier alpha value is -1.81. The molecule has 1 heterocycles. The minimum Gasteiger partial charge on any atom is -0.278 e. The van der Waals surface area contributed by atoms with Crippen LogP contribution in [0, 0.1) is 6.92 Å². The van der Waals surface area contributed by atoms with Crippen LogP contribution < -0.4 is 9.03 Å². The summed E-state index contributed by atoms with van der Waals surface area (Å²) in [5.74, 6) is -0.812. The van der Waals surface area contributed by atoms with Gasteiger partial charge in [0.1, 0.15) is 0 Å². The van der Waals surface area contributed by atoms with E-state index in [-0.39, 0.29) is 44.1 Å². The Morgan fingerprint density at radius 3 is 2.44 bits per heavy atom. The molecule has 27 heavy (non-hydrogen) atoms. The smallest absolute Gasteiger partial charge is 0.262 e. The summed E-state index contributed by atoms with van der Waals surface area (Å²) < 4.78 is 52.5. The van der Waals surface area contributed by atoms with Crippen molar-refractivity contribution in [1.82, 2.24) is 0 Å². The molecule has 1 aliphatic heterocycles. The standard InChI is InChI=1S/C16H14Cl2N2O5S2/c1-10-9-11(20-15(21)7-8-26(20,22)23)5-6-14(10)27(24,25)19-13-4-2-3-12(17)16(13)18/h2-6,9,19H,7-8H2,1H3. The van der Waals surface area contributed by atoms with Crippen LogP contribution in [0.5, 0.6) is 0 Å². The van der Waals surface area contributed by atoms with Gasteiger partial charge in [0.15, 0.2) is 0 Å². The molecule has 1 aliphatic rings. The number of benzene rings is 2. The van der Waals surface area contributed by atoms with Crippen LogP contribution in [-0.4, -0.2) is 28.5 Å². The first kappa shape index (κ1) is 19.9. The van der Waals surface area contributed by atoms with Crippen molar-refractivity contribution in [2.45, 2.75) is 18.2 Å². The zero-order chi connectivity index (χ0) is 20.0. The predicted octanol–water partition coefficient (Wildman–Crippen LogP) is 3.17. The third-order valence-electron chi connectivity index (χ3n) is 3.96. The third-order valence-corrected chi connectivity index (χ3v) is 7.99. The third kappa shape index (κ3) is 3.77. The number of carbonyl (C=O) groups is 1. The van der Waals surface area contributed by atoms with Crippen LogP contribution in [0.25, 0.3) is 0 Å². The van der Waals surface area contributed by atoms with Crippen LogP contribution in [0.4, 0.5) is 11.4 Å². The Bertz CT molecular complexity index is 1150. The van der Waals surface area contributed by atoms with Crippen LogP contribution >= 0.6 is 23.2 Å². The molecule has 0 saturated carbocycles. The fourth-order valence-electron chi connectivity index (χ4n) is 2.71. The van der Waals surface area contributed by atoms with E-state index in [1.807, 2.05) is 0 Å². The second-order valence-electron chi connectivity index (χ2n) is 5.88. The number of aryl methyl sites for hydroxylation is 1. The van der Waals surface area contributed by atoms with Crippen LogP contribution in [0.3, 0.4) is 0 Å². The molecule has 2 aromatic rings. The molecular formula is C16H14Cl2N2O5S2. The van der Waals surface area contributed by atoms with Gasteiger partial charge in [-0.3, -0.25) is 9.52 Å². The van der Waals surface area contributed by atoms with E-state index in [1.54, 1.807) is 6.07 Å². The van der Waals surface area contributed by atoms with Crippen molar-refractivity contribution in [3.05, 3.63) is 52.0 Å². The highest BCUT2D eigenvalue weighted by atomic mass is 35.5. The second kappa shape index (κ2) is 6.97. The zero-order valence-electron chi connectivity index (χ0n) is 13.9. The van der Waals surface area contributed by atoms with Gasteiger partial charge < -0.3 is 0 Å². The van der Waals surface area contributed by atoms with E-state index in [2.05, 4.69) is 4.72 Å². The summed E-state index contributed by atoms with van der Waals surface area (Å²) in [4.78, 5) is 11.8. The predicted molar refractivity (Wildman–Crippen MR) is 104 cm³/mol. The highest BCUT2D eigenvalue weighted by Gasteiger charge is 2.36. The summed E-state index contributed by atoms with van der Waals surface area (Å²) in [6.07, 6.45) is -0.101. The second-order valence-corrected chi connectivity index (χ2v) is 10.3. The molecule has 1 amide bonds. The molecule has 1 N–H and O–H groups in total. The number of sulfonamides is 2. The molecule has 1 fully saturated rings. The summed E-state index contributed by atoms with van der Waals surface area (Å²) in [5.41, 5.74) is 0.493. The van der Waals surface area contributed by atoms with E-state index in [0.29, 0.717) is 4.31 Å². The number of amides is 1. The lowest BCUT2D eigenvalue weighted by atomic mass is 10.2. The molecule has 0 unspecified atom stereocenters. The average Bonchev–Trinajstić information content (AvgIpc) is 2.84. The number of carbonyl (C=O) groups excluding carboxylic acids is 1. The normalized spacial score (nSPS) is 16.6. The maximum Gasteiger partial charge on any atom is 0.262 e. The molecule has 0 bridgehead atoms. The highest BCUT2D eigenvalue weighted by Crippen LogP contribution is 2.33. The van der Waals surface area contributed by atoms with Crippen molar-refractivity contribution in [2.24, 2.45) is 0 Å². The molecule has 0 spiro atoms. The largest absolute Gasteiger partial charge is 0.278 e. The van der Waals surface area contributed by atoms with Gasteiger partial charge in [-0.1, -0.05) is 29.3 Å². The summed E-state index contributed by atoms with van der Waals surface area (Å²) in [5, 5.41) is 0.257. The SMILES string of the molecule is Cc1cc(N2C(=O)CCS2(=O)=O)ccc1S(=O)(=O)Nc1cccc(Cl)c1Cl. The van der Waals surface area contributed by atoms with E-state index >= 15 is 0 Å². The average molecular weight is 449 g/mol. The van der Waals surface area contributed by atoms with Crippen molar-refractivity contribution >= 4 is 60.5 Å². The minimum atomic E-state index is -4.01. The number of hydrogen-bond acceptors (Lipinski definition) is 5. The summed E-state index contributed by atoms with van der Waals surface area (Å²) >= 11 is 11.9. The van der Waals surface area contributed by atoms with Crippen molar-refractivity contribution in [2.75, 3.05) is 14.8 Å². The van der Waals surface area contributed by atoms with Crippen LogP contribution in [0.1, 0.15) is 12.0 Å². The molecule has 0 aliphatic carbocycles. The fourth-order valence-corrected chi connectivity index (χ4v) is 5.87. The first-order chi connectivity index (χ1) is 12.5. The van der Waals surface area contributed by atoms with Gasteiger partial charge in [0.25, 0.3) is 10.0 Å². The summed E-state index contributed by atoms with van der Waals surface area (Å²) in [7, 11) is -7.74. The summed E-state index contributed by atoms with van der Waals surface area (Å²) in [6, 6.07) is 8.40. The Morgan fingerprint density at radius 2 is 1.85 bits per heavy atom. The topological polar surface area (TPSA) is 101 Å². The Labute approximate surface area is 167 Å². The lowest BCUT2D eigenvalue weighted by molar-refractivity contribution is -0.116. The van der Waals surface area contributed by atoms with Crippen molar-refractivity contribution in [1.29, 1.82) is 0 Å². The Morgan fingerprint density at radius 1 is 1.15 bits per heavy atom. The molecule has 11 heteroatoms. The number of nitrogens with one attached hydrogen (secondary N) is 1. The maximum absolute atomic E-state index is 12.7. The van der Waals surface area contributed by atoms with E-state index in [9.17, 15) is 21.6 Å². The molecular weight excluding hydrogens is 435 g/mol. The zero-order valence-corrected chi connectivity index (χ0v) is 17.1. The number of hydrogen-bond donors (Lipinski definition) is 1. The van der Waals surface area contributed by atoms with E-state index in [4.69, 9.17) is 23.2 Å². The van der Waals surface area contributed by atoms with Crippen LogP contribution in [0.2, 0.25) is 10.0 Å². The maximum atomic E-state index is 12.7. The van der Waals surface area contributed by atoms with Gasteiger partial charge in [-0.15, -0.1) is 0 Å². The van der Waals surface area contributed by atoms with E-state index in [1.165, 1.54) is 37.3 Å². The Balaban J connectivity index is 1.98. The van der Waals surface area contributed by atoms with Crippen molar-refractivity contribution < 1.29 is 21.6 Å². The molecule has 144 valence electrons. The van der Waals surface area contributed by atoms with Gasteiger partial charge in [0.2, 0.25) is 15.9 Å². The number of halogens is 2. The molecule has 0 atom stereocenters. The first-order valence-corrected chi connectivity index (χ1v) is 11.5. The van der Waals surface area contributed by atoms with Gasteiger partial charge >= 0.3 is 0 Å². The van der Waals surface area contributed by atoms with Crippen LogP contribution in [0.15, 0.2) is 41.3 Å². The number of nitrogens with zero attached hydrogens (tertiary/aromatic N) is 1. The van der Waals surface area contributed by atoms with Gasteiger partial charge in [-0.05, 0) is 42.8 Å². The lowest BCUT2D eigenvalue weighted by Gasteiger charge is -2.17. The van der Waals surface area contributed by atoms with Gasteiger partial charge in [0.05, 0.1) is 32.1 Å². The molecule has 1 saturated heterocycles. The minimum absolute atomic E-state index is 0.0609. The number of rotatable bonds is 4. The van der Waals surface area contributed by atoms with E-state index < -0.39 is 26.0 Å². The fraction of sp³-hybridized carbons (Fsp3) is 0.188. The van der Waals surface area contributed by atoms with Crippen LogP contribution in [-0.2, 0) is 24.8 Å². The molecule has 0 aromatic heterocycles. The first-order valence-electron chi connectivity index (χ1n) is 7.66. The highest BCUT2D eigenvalue weighted by molar-refractivity contribution is 7.94. The van der Waals surface area contributed by atoms with Gasteiger partial charge in [-0.25, -0.2) is 21.1 Å². The molecule has 0 radical (unpaired) electrons. The Kier molecular flexibility index (Phi) is 5.15. The summed E-state index contributed by atoms with van der Waals surface area (Å²) in [6.45, 7) is 1.50.